The van der Waals surface area contributed by atoms with Crippen LogP contribution in [0.4, 0.5) is 11.4 Å². The molecule has 2 N–H and O–H groups in total. The van der Waals surface area contributed by atoms with Crippen LogP contribution in [-0.4, -0.2) is 25.3 Å². The van der Waals surface area contributed by atoms with Gasteiger partial charge in [0.15, 0.2) is 0 Å². The number of hydrogen-bond acceptors (Lipinski definition) is 4. The first kappa shape index (κ1) is 20.2. The summed E-state index contributed by atoms with van der Waals surface area (Å²) in [5.41, 5.74) is 4.84. The molecule has 6 heteroatoms. The molecule has 2 aliphatic heterocycles. The van der Waals surface area contributed by atoms with Gasteiger partial charge in [0.25, 0.3) is 0 Å². The molecule has 3 aromatic rings. The molecule has 0 spiro atoms. The molecule has 0 aliphatic carbocycles. The highest BCUT2D eigenvalue weighted by Gasteiger charge is 2.52. The maximum atomic E-state index is 6.46. The number of hydrogen-bond donors (Lipinski definition) is 2. The van der Waals surface area contributed by atoms with E-state index in [0.717, 1.165) is 22.4 Å². The molecule has 0 bridgehead atoms. The van der Waals surface area contributed by atoms with Gasteiger partial charge in [-0.3, -0.25) is 0 Å². The van der Waals surface area contributed by atoms with Gasteiger partial charge in [-0.25, -0.2) is 0 Å². The van der Waals surface area contributed by atoms with Crippen LogP contribution < -0.4 is 10.5 Å². The molecule has 1 saturated heterocycles. The smallest absolute Gasteiger partial charge is 0.405 e. The minimum absolute atomic E-state index is 0.0888. The first-order valence-corrected chi connectivity index (χ1v) is 10.9. The first-order chi connectivity index (χ1) is 14.7. The molecule has 2 heterocycles. The quantitative estimate of drug-likeness (QED) is 0.542. The molecule has 0 unspecified atom stereocenters. The van der Waals surface area contributed by atoms with Gasteiger partial charge in [0.2, 0.25) is 0 Å². The Hall–Kier alpha value is -2.69. The molecule has 1 fully saturated rings. The van der Waals surface area contributed by atoms with Crippen LogP contribution in [-0.2, 0) is 9.31 Å². The average molecular weight is 410 g/mol. The van der Waals surface area contributed by atoms with Crippen molar-refractivity contribution in [3.8, 4) is 0 Å². The number of benzene rings is 3. The predicted octanol–water partition coefficient (Wildman–Crippen LogP) is 5.73. The Morgan fingerprint density at radius 3 is 1.97 bits per heavy atom. The van der Waals surface area contributed by atoms with E-state index in [4.69, 9.17) is 9.31 Å². The second-order valence-electron chi connectivity index (χ2n) is 9.50. The van der Waals surface area contributed by atoms with Crippen molar-refractivity contribution in [2.24, 2.45) is 0 Å². The van der Waals surface area contributed by atoms with Crippen molar-refractivity contribution >= 4 is 41.7 Å². The number of anilines is 2. The Morgan fingerprint density at radius 2 is 1.39 bits per heavy atom. The molecule has 4 nitrogen and oxygen atoms in total. The average Bonchev–Trinajstić information content (AvgIpc) is 2.94. The predicted molar refractivity (Wildman–Crippen MR) is 132 cm³/mol. The monoisotopic (exact) mass is 410 g/mol. The van der Waals surface area contributed by atoms with Crippen molar-refractivity contribution in [2.45, 2.75) is 45.8 Å². The van der Waals surface area contributed by atoms with Crippen molar-refractivity contribution in [2.75, 3.05) is 10.5 Å². The molecule has 0 aromatic heterocycles. The third-order valence-corrected chi connectivity index (χ3v) is 6.84. The van der Waals surface area contributed by atoms with Gasteiger partial charge >= 0.3 is 14.1 Å². The molecule has 2 aliphatic rings. The van der Waals surface area contributed by atoms with Crippen molar-refractivity contribution in [1.82, 2.24) is 0 Å². The van der Waals surface area contributed by atoms with Crippen molar-refractivity contribution in [3.63, 3.8) is 0 Å². The Bertz CT molecular complexity index is 1130. The number of rotatable bonds is 3. The van der Waals surface area contributed by atoms with Gasteiger partial charge in [-0.05, 0) is 68.7 Å². The molecular weight excluding hydrogens is 382 g/mol. The van der Waals surface area contributed by atoms with Crippen molar-refractivity contribution in [1.29, 1.82) is 0 Å². The second-order valence-corrected chi connectivity index (χ2v) is 9.50. The van der Waals surface area contributed by atoms with Gasteiger partial charge in [0, 0.05) is 16.8 Å². The highest BCUT2D eigenvalue weighted by Crippen LogP contribution is 2.41. The van der Waals surface area contributed by atoms with Gasteiger partial charge in [-0.15, -0.1) is 0 Å². The summed E-state index contributed by atoms with van der Waals surface area (Å²) in [5.74, 6) is 2.21. The van der Waals surface area contributed by atoms with Crippen LogP contribution in [0.25, 0.3) is 16.2 Å². The number of nitrogens with one attached hydrogen (secondary N) is 2. The molecule has 3 aromatic carbocycles. The lowest BCUT2D eigenvalue weighted by atomic mass is 9.63. The van der Waals surface area contributed by atoms with Crippen LogP contribution in [0, 0.1) is 6.92 Å². The maximum absolute atomic E-state index is 6.46. The van der Waals surface area contributed by atoms with E-state index < -0.39 is 18.3 Å². The summed E-state index contributed by atoms with van der Waals surface area (Å²) in [6.07, 6.45) is 0. The van der Waals surface area contributed by atoms with Gasteiger partial charge in [0.05, 0.1) is 11.2 Å². The lowest BCUT2D eigenvalue weighted by molar-refractivity contribution is 0.00578. The van der Waals surface area contributed by atoms with E-state index in [9.17, 15) is 0 Å². The van der Waals surface area contributed by atoms with E-state index in [2.05, 4.69) is 112 Å². The Labute approximate surface area is 185 Å². The van der Waals surface area contributed by atoms with Crippen LogP contribution in [0.1, 0.15) is 38.8 Å². The zero-order valence-corrected chi connectivity index (χ0v) is 18.8. The third-order valence-electron chi connectivity index (χ3n) is 6.84. The summed E-state index contributed by atoms with van der Waals surface area (Å²) >= 11 is 0. The van der Waals surface area contributed by atoms with E-state index >= 15 is 0 Å². The molecule has 0 saturated carbocycles. The Morgan fingerprint density at radius 1 is 0.806 bits per heavy atom. The highest BCUT2D eigenvalue weighted by molar-refractivity contribution is 6.79. The Balaban J connectivity index is 1.57. The van der Waals surface area contributed by atoms with Crippen molar-refractivity contribution in [3.05, 3.63) is 77.8 Å². The fourth-order valence-corrected chi connectivity index (χ4v) is 4.38. The summed E-state index contributed by atoms with van der Waals surface area (Å²) < 4.78 is 12.9. The number of aryl methyl sites for hydroxylation is 1. The van der Waals surface area contributed by atoms with Gasteiger partial charge in [-0.1, -0.05) is 54.5 Å². The highest BCUT2D eigenvalue weighted by atomic mass is 16.7. The summed E-state index contributed by atoms with van der Waals surface area (Å²) in [6.45, 7) is 10.4. The zero-order chi connectivity index (χ0) is 21.8. The van der Waals surface area contributed by atoms with Gasteiger partial charge in [0.1, 0.15) is 0 Å². The minimum atomic E-state index is -0.442. The fourth-order valence-electron chi connectivity index (χ4n) is 4.38. The van der Waals surface area contributed by atoms with Gasteiger partial charge in [-0.2, -0.15) is 0 Å². The largest absolute Gasteiger partial charge is 0.494 e. The normalized spacial score (nSPS) is 19.3. The van der Waals surface area contributed by atoms with Crippen LogP contribution in [0.2, 0.25) is 0 Å². The van der Waals surface area contributed by atoms with Crippen LogP contribution >= 0.6 is 0 Å². The lowest BCUT2D eigenvalue weighted by Crippen LogP contribution is -2.41. The summed E-state index contributed by atoms with van der Waals surface area (Å²) in [5, 5.41) is 9.74. The molecule has 156 valence electrons. The molecule has 5 rings (SSSR count). The molecule has 0 radical (unpaired) electrons. The molecular formula is C25H28B2N2O2. The third kappa shape index (κ3) is 3.44. The van der Waals surface area contributed by atoms with E-state index in [-0.39, 0.29) is 6.98 Å². The minimum Gasteiger partial charge on any atom is -0.405 e. The summed E-state index contributed by atoms with van der Waals surface area (Å²) in [4.78, 5) is 0. The summed E-state index contributed by atoms with van der Waals surface area (Å²) in [6, 6.07) is 21.2. The second kappa shape index (κ2) is 7.18. The van der Waals surface area contributed by atoms with Gasteiger partial charge < -0.3 is 19.8 Å². The Kier molecular flexibility index (Phi) is 4.68. The van der Waals surface area contributed by atoms with Crippen LogP contribution in [0.3, 0.4) is 0 Å². The van der Waals surface area contributed by atoms with Crippen molar-refractivity contribution < 1.29 is 9.31 Å². The van der Waals surface area contributed by atoms with E-state index in [1.54, 1.807) is 0 Å². The molecule has 0 amide bonds. The van der Waals surface area contributed by atoms with E-state index in [0.29, 0.717) is 0 Å². The van der Waals surface area contributed by atoms with E-state index in [1.165, 1.54) is 16.3 Å². The standard InChI is InChI=1S/C25H28B2N2O2/c1-17-10-6-7-13-19(17)20(27-30-24(2,3)25(4,5)31-27)16-26-28-21-14-8-11-18-12-9-15-22(29-26)23(18)21/h6-16,28-29H,1-5H3/b20-16-. The topological polar surface area (TPSA) is 42.5 Å². The van der Waals surface area contributed by atoms with Crippen LogP contribution in [0.15, 0.2) is 66.6 Å². The molecule has 31 heavy (non-hydrogen) atoms. The lowest BCUT2D eigenvalue weighted by Gasteiger charge is -2.32. The van der Waals surface area contributed by atoms with Crippen LogP contribution in [0.5, 0.6) is 0 Å². The summed E-state index contributed by atoms with van der Waals surface area (Å²) in [7, 11) is -0.442. The SMILES string of the molecule is Cc1ccccc1/C(=C/B1Nc2cccc3cccc(c23)N1)B1OC(C)(C)C(C)(C)O1. The first-order valence-electron chi connectivity index (χ1n) is 10.9. The maximum Gasteiger partial charge on any atom is 0.494 e. The zero-order valence-electron chi connectivity index (χ0n) is 18.8. The fraction of sp³-hybridized carbons (Fsp3) is 0.280. The van der Waals surface area contributed by atoms with E-state index in [1.807, 2.05) is 0 Å². The molecule has 0 atom stereocenters.